The highest BCUT2D eigenvalue weighted by Crippen LogP contribution is 2.31. The number of carbonyl (C=O) groups is 2. The van der Waals surface area contributed by atoms with Gasteiger partial charge in [0.25, 0.3) is 5.91 Å². The lowest BCUT2D eigenvalue weighted by Gasteiger charge is -2.12. The first-order chi connectivity index (χ1) is 19.9. The topological polar surface area (TPSA) is 102 Å². The average molecular weight is 582 g/mol. The number of nitrogens with one attached hydrogen (secondary N) is 1. The molecular formula is C30H19F5N2O5. The zero-order valence-electron chi connectivity index (χ0n) is 21.3. The number of fused-ring (bicyclic) bond motifs is 1. The number of rotatable bonds is 7. The van der Waals surface area contributed by atoms with E-state index >= 15 is 0 Å². The Balaban J connectivity index is 1.56. The Morgan fingerprint density at radius 1 is 0.833 bits per heavy atom. The minimum atomic E-state index is -4.55. The molecule has 1 amide bonds. The molecule has 0 radical (unpaired) electrons. The van der Waals surface area contributed by atoms with Gasteiger partial charge in [-0.2, -0.15) is 13.2 Å². The molecule has 214 valence electrons. The van der Waals surface area contributed by atoms with Gasteiger partial charge in [-0.25, -0.2) is 18.4 Å². The second-order valence-corrected chi connectivity index (χ2v) is 9.36. The summed E-state index contributed by atoms with van der Waals surface area (Å²) in [6.45, 7) is -0.283. The number of aromatic nitrogens is 1. The predicted molar refractivity (Wildman–Crippen MR) is 141 cm³/mol. The molecule has 5 rings (SSSR count). The largest absolute Gasteiger partial charge is 0.478 e. The van der Waals surface area contributed by atoms with E-state index in [9.17, 15) is 36.3 Å². The summed E-state index contributed by atoms with van der Waals surface area (Å²) >= 11 is 0. The Kier molecular flexibility index (Phi) is 7.38. The van der Waals surface area contributed by atoms with Crippen molar-refractivity contribution < 1.29 is 41.1 Å². The SMILES string of the molecule is O=C(O)c1ccc(CNC(=O)c2cc(-c3cc(F)cc(F)c3)cc3oc(=O)n(Cc4ccc(C(F)(F)F)cc4)c23)cc1. The highest BCUT2D eigenvalue weighted by molar-refractivity contribution is 6.06. The Morgan fingerprint density at radius 2 is 1.43 bits per heavy atom. The summed E-state index contributed by atoms with van der Waals surface area (Å²) in [7, 11) is 0. The summed E-state index contributed by atoms with van der Waals surface area (Å²) in [4.78, 5) is 37.4. The Hall–Kier alpha value is -5.26. The fraction of sp³-hybridized carbons (Fsp3) is 0.100. The summed E-state index contributed by atoms with van der Waals surface area (Å²) in [6, 6.07) is 15.2. The number of hydrogen-bond acceptors (Lipinski definition) is 4. The van der Waals surface area contributed by atoms with Gasteiger partial charge in [0, 0.05) is 12.6 Å². The third kappa shape index (κ3) is 5.92. The van der Waals surface area contributed by atoms with Crippen LogP contribution in [0, 0.1) is 11.6 Å². The number of carboxylic acids is 1. The van der Waals surface area contributed by atoms with Gasteiger partial charge in [0.15, 0.2) is 5.58 Å². The van der Waals surface area contributed by atoms with Crippen molar-refractivity contribution in [2.45, 2.75) is 19.3 Å². The number of halogens is 5. The van der Waals surface area contributed by atoms with Crippen LogP contribution in [0.4, 0.5) is 22.0 Å². The van der Waals surface area contributed by atoms with Crippen molar-refractivity contribution in [3.63, 3.8) is 0 Å². The van der Waals surface area contributed by atoms with E-state index in [1.165, 1.54) is 48.5 Å². The van der Waals surface area contributed by atoms with Gasteiger partial charge in [0.05, 0.1) is 23.2 Å². The van der Waals surface area contributed by atoms with E-state index in [1.54, 1.807) is 0 Å². The molecule has 0 saturated carbocycles. The van der Waals surface area contributed by atoms with Gasteiger partial charge in [-0.1, -0.05) is 24.3 Å². The van der Waals surface area contributed by atoms with Crippen LogP contribution in [0.2, 0.25) is 0 Å². The van der Waals surface area contributed by atoms with Crippen molar-refractivity contribution in [3.05, 3.63) is 129 Å². The van der Waals surface area contributed by atoms with E-state index in [0.29, 0.717) is 17.2 Å². The van der Waals surface area contributed by atoms with Crippen LogP contribution < -0.4 is 11.1 Å². The number of hydrogen-bond donors (Lipinski definition) is 2. The minimum Gasteiger partial charge on any atom is -0.478 e. The summed E-state index contributed by atoms with van der Waals surface area (Å²) in [5, 5.41) is 11.7. The van der Waals surface area contributed by atoms with Gasteiger partial charge in [-0.15, -0.1) is 0 Å². The number of aromatic carboxylic acids is 1. The van der Waals surface area contributed by atoms with Gasteiger partial charge in [-0.05, 0) is 70.8 Å². The molecule has 0 bridgehead atoms. The standard InChI is InChI=1S/C30H19F5N2O5/c31-22-9-19(10-23(32)13-22)20-11-24(27(38)36-14-16-1-5-18(6-2-16)28(39)40)26-25(12-20)42-29(41)37(26)15-17-3-7-21(8-4-17)30(33,34)35/h1-13H,14-15H2,(H,36,38)(H,39,40). The first kappa shape index (κ1) is 28.3. The number of oxazole rings is 1. The molecule has 4 aromatic carbocycles. The second-order valence-electron chi connectivity index (χ2n) is 9.36. The minimum absolute atomic E-state index is 0.0132. The predicted octanol–water partition coefficient (Wildman–Crippen LogP) is 6.24. The summed E-state index contributed by atoms with van der Waals surface area (Å²) in [6.07, 6.45) is -4.55. The third-order valence-electron chi connectivity index (χ3n) is 6.48. The Morgan fingerprint density at radius 3 is 2.02 bits per heavy atom. The number of amides is 1. The van der Waals surface area contributed by atoms with E-state index in [4.69, 9.17) is 9.52 Å². The highest BCUT2D eigenvalue weighted by Gasteiger charge is 2.30. The molecular weight excluding hydrogens is 563 g/mol. The molecule has 0 aliphatic heterocycles. The first-order valence-electron chi connectivity index (χ1n) is 12.3. The van der Waals surface area contributed by atoms with Crippen molar-refractivity contribution >= 4 is 23.0 Å². The monoisotopic (exact) mass is 582 g/mol. The molecule has 1 aromatic heterocycles. The van der Waals surface area contributed by atoms with Crippen molar-refractivity contribution in [2.75, 3.05) is 0 Å². The van der Waals surface area contributed by atoms with Crippen LogP contribution in [0.1, 0.15) is 37.4 Å². The number of nitrogens with zero attached hydrogens (tertiary/aromatic N) is 1. The van der Waals surface area contributed by atoms with Gasteiger partial charge >= 0.3 is 17.9 Å². The Labute approximate surface area is 233 Å². The fourth-order valence-electron chi connectivity index (χ4n) is 4.43. The molecule has 5 aromatic rings. The fourth-order valence-corrected chi connectivity index (χ4v) is 4.43. The van der Waals surface area contributed by atoms with Crippen LogP contribution >= 0.6 is 0 Å². The number of benzene rings is 4. The van der Waals surface area contributed by atoms with Gasteiger partial charge in [-0.3, -0.25) is 9.36 Å². The van der Waals surface area contributed by atoms with Crippen molar-refractivity contribution in [3.8, 4) is 11.1 Å². The zero-order chi connectivity index (χ0) is 30.2. The van der Waals surface area contributed by atoms with E-state index in [0.717, 1.165) is 28.8 Å². The van der Waals surface area contributed by atoms with Crippen LogP contribution in [0.5, 0.6) is 0 Å². The maximum atomic E-state index is 14.0. The van der Waals surface area contributed by atoms with E-state index in [1.807, 2.05) is 0 Å². The van der Waals surface area contributed by atoms with Crippen molar-refractivity contribution in [1.82, 2.24) is 9.88 Å². The second kappa shape index (κ2) is 11.0. The Bertz CT molecular complexity index is 1850. The molecule has 0 unspecified atom stereocenters. The molecule has 0 atom stereocenters. The zero-order valence-corrected chi connectivity index (χ0v) is 21.3. The molecule has 0 aliphatic carbocycles. The molecule has 12 heteroatoms. The summed E-state index contributed by atoms with van der Waals surface area (Å²) in [5.74, 6) is -4.48. The van der Waals surface area contributed by atoms with Gasteiger partial charge in [0.1, 0.15) is 17.2 Å². The maximum absolute atomic E-state index is 14.0. The lowest BCUT2D eigenvalue weighted by molar-refractivity contribution is -0.137. The summed E-state index contributed by atoms with van der Waals surface area (Å²) in [5.41, 5.74) is 0.0809. The van der Waals surface area contributed by atoms with Crippen LogP contribution in [0.3, 0.4) is 0 Å². The smallest absolute Gasteiger partial charge is 0.420 e. The van der Waals surface area contributed by atoms with Gasteiger partial charge < -0.3 is 14.8 Å². The molecule has 42 heavy (non-hydrogen) atoms. The number of carbonyl (C=O) groups excluding carboxylic acids is 1. The molecule has 0 fully saturated rings. The third-order valence-corrected chi connectivity index (χ3v) is 6.48. The quantitative estimate of drug-likeness (QED) is 0.222. The molecule has 1 heterocycles. The van der Waals surface area contributed by atoms with E-state index in [2.05, 4.69) is 5.32 Å². The molecule has 7 nitrogen and oxygen atoms in total. The lowest BCUT2D eigenvalue weighted by atomic mass is 10.0. The van der Waals surface area contributed by atoms with Crippen LogP contribution in [0.25, 0.3) is 22.2 Å². The maximum Gasteiger partial charge on any atom is 0.420 e. The highest BCUT2D eigenvalue weighted by atomic mass is 19.4. The lowest BCUT2D eigenvalue weighted by Crippen LogP contribution is -2.24. The van der Waals surface area contributed by atoms with Crippen LogP contribution in [-0.4, -0.2) is 21.6 Å². The molecule has 0 spiro atoms. The van der Waals surface area contributed by atoms with Crippen LogP contribution in [-0.2, 0) is 19.3 Å². The summed E-state index contributed by atoms with van der Waals surface area (Å²) < 4.78 is 73.4. The normalized spacial score (nSPS) is 11.5. The van der Waals surface area contributed by atoms with Crippen molar-refractivity contribution in [1.29, 1.82) is 0 Å². The molecule has 0 aliphatic rings. The number of alkyl halides is 3. The number of carboxylic acid groups (broad SMARTS) is 1. The molecule has 2 N–H and O–H groups in total. The molecule has 0 saturated heterocycles. The van der Waals surface area contributed by atoms with Gasteiger partial charge in [0.2, 0.25) is 0 Å². The van der Waals surface area contributed by atoms with Crippen LogP contribution in [0.15, 0.2) is 88.1 Å². The average Bonchev–Trinajstić information content (AvgIpc) is 3.25. The van der Waals surface area contributed by atoms with E-state index < -0.39 is 41.0 Å². The van der Waals surface area contributed by atoms with Crippen molar-refractivity contribution in [2.24, 2.45) is 0 Å². The van der Waals surface area contributed by atoms with E-state index in [-0.39, 0.29) is 46.4 Å². The first-order valence-corrected chi connectivity index (χ1v) is 12.3.